The summed E-state index contributed by atoms with van der Waals surface area (Å²) in [5.41, 5.74) is 0.496. The van der Waals surface area contributed by atoms with Crippen molar-refractivity contribution in [1.29, 1.82) is 5.26 Å². The van der Waals surface area contributed by atoms with Crippen LogP contribution in [-0.4, -0.2) is 15.1 Å². The van der Waals surface area contributed by atoms with E-state index in [9.17, 15) is 20.3 Å². The zero-order valence-corrected chi connectivity index (χ0v) is 10.6. The molecule has 0 atom stereocenters. The highest BCUT2D eigenvalue weighted by molar-refractivity contribution is 5.90. The predicted octanol–water partition coefficient (Wildman–Crippen LogP) is 1.88. The van der Waals surface area contributed by atoms with Crippen LogP contribution >= 0.6 is 0 Å². The number of pyridine rings is 1. The second kappa shape index (κ2) is 5.71. The standard InChI is InChI=1S/C14H9N3O4/c15-8-11(10-1-3-16-4-2-10)5-9-6-12(17(20)21)14(19)13(18)7-9/h1-7,18-19H/p+1/b11-5+. The Morgan fingerprint density at radius 1 is 1.33 bits per heavy atom. The van der Waals surface area contributed by atoms with Crippen LogP contribution in [-0.2, 0) is 0 Å². The van der Waals surface area contributed by atoms with Crippen molar-refractivity contribution in [3.05, 3.63) is 57.9 Å². The maximum absolute atomic E-state index is 10.8. The molecule has 0 aliphatic carbocycles. The number of rotatable bonds is 3. The first-order chi connectivity index (χ1) is 10.0. The van der Waals surface area contributed by atoms with Gasteiger partial charge >= 0.3 is 5.69 Å². The van der Waals surface area contributed by atoms with E-state index in [1.54, 1.807) is 24.5 Å². The van der Waals surface area contributed by atoms with Gasteiger partial charge in [0, 0.05) is 23.8 Å². The number of allylic oxidation sites excluding steroid dienone is 1. The van der Waals surface area contributed by atoms with Crippen LogP contribution in [0.5, 0.6) is 11.5 Å². The number of nitriles is 1. The van der Waals surface area contributed by atoms with E-state index in [0.29, 0.717) is 5.56 Å². The summed E-state index contributed by atoms with van der Waals surface area (Å²) in [6.45, 7) is 0. The maximum atomic E-state index is 10.8. The largest absolute Gasteiger partial charge is 0.504 e. The number of aromatic hydroxyl groups is 2. The third-order valence-corrected chi connectivity index (χ3v) is 2.75. The van der Waals surface area contributed by atoms with Gasteiger partial charge in [0.15, 0.2) is 18.1 Å². The Balaban J connectivity index is 2.54. The van der Waals surface area contributed by atoms with Crippen LogP contribution in [0.15, 0.2) is 36.7 Å². The van der Waals surface area contributed by atoms with Crippen LogP contribution in [0.4, 0.5) is 5.69 Å². The number of nitrogens with one attached hydrogen (secondary N) is 1. The molecule has 0 bridgehead atoms. The number of phenols is 2. The molecule has 0 saturated carbocycles. The molecule has 0 unspecified atom stereocenters. The SMILES string of the molecule is N#C/C(=C\c1cc(O)c(O)c([N+](=O)[O-])c1)c1cc[nH+]cc1. The topological polar surface area (TPSA) is 122 Å². The molecule has 21 heavy (non-hydrogen) atoms. The Morgan fingerprint density at radius 2 is 2.00 bits per heavy atom. The van der Waals surface area contributed by atoms with E-state index in [1.165, 1.54) is 6.08 Å². The molecular formula is C14H10N3O4+. The molecule has 0 amide bonds. The van der Waals surface area contributed by atoms with Gasteiger partial charge in [0.25, 0.3) is 0 Å². The number of hydrogen-bond donors (Lipinski definition) is 2. The summed E-state index contributed by atoms with van der Waals surface area (Å²) in [7, 11) is 0. The first-order valence-electron chi connectivity index (χ1n) is 5.81. The van der Waals surface area contributed by atoms with Crippen molar-refractivity contribution < 1.29 is 20.1 Å². The molecule has 3 N–H and O–H groups in total. The number of nitrogens with zero attached hydrogens (tertiary/aromatic N) is 2. The Labute approximate surface area is 119 Å². The Hall–Kier alpha value is -3.40. The number of nitro groups is 1. The zero-order valence-electron chi connectivity index (χ0n) is 10.6. The Kier molecular flexibility index (Phi) is 3.81. The van der Waals surface area contributed by atoms with Crippen molar-refractivity contribution in [2.75, 3.05) is 0 Å². The average molecular weight is 284 g/mol. The second-order valence-corrected chi connectivity index (χ2v) is 4.12. The van der Waals surface area contributed by atoms with Gasteiger partial charge in [-0.15, -0.1) is 0 Å². The van der Waals surface area contributed by atoms with Crippen molar-refractivity contribution in [2.24, 2.45) is 0 Å². The highest BCUT2D eigenvalue weighted by Gasteiger charge is 2.18. The lowest BCUT2D eigenvalue weighted by Gasteiger charge is -2.02. The van der Waals surface area contributed by atoms with E-state index in [4.69, 9.17) is 5.26 Å². The fourth-order valence-electron chi connectivity index (χ4n) is 1.76. The number of hydrogen-bond acceptors (Lipinski definition) is 5. The second-order valence-electron chi connectivity index (χ2n) is 4.12. The first-order valence-corrected chi connectivity index (χ1v) is 5.81. The van der Waals surface area contributed by atoms with Crippen molar-refractivity contribution >= 4 is 17.3 Å². The van der Waals surface area contributed by atoms with E-state index in [2.05, 4.69) is 4.98 Å². The van der Waals surface area contributed by atoms with Gasteiger partial charge in [0.05, 0.1) is 16.6 Å². The molecule has 7 nitrogen and oxygen atoms in total. The van der Waals surface area contributed by atoms with Crippen molar-refractivity contribution in [1.82, 2.24) is 0 Å². The van der Waals surface area contributed by atoms with Gasteiger partial charge in [0.2, 0.25) is 5.75 Å². The molecule has 1 aromatic heterocycles. The van der Waals surface area contributed by atoms with Gasteiger partial charge in [-0.05, 0) is 17.7 Å². The predicted molar refractivity (Wildman–Crippen MR) is 72.9 cm³/mol. The fourth-order valence-corrected chi connectivity index (χ4v) is 1.76. The average Bonchev–Trinajstić information content (AvgIpc) is 2.48. The van der Waals surface area contributed by atoms with Gasteiger partial charge in [0.1, 0.15) is 0 Å². The smallest absolute Gasteiger partial charge is 0.315 e. The molecule has 0 aliphatic rings. The van der Waals surface area contributed by atoms with Gasteiger partial charge in [-0.25, -0.2) is 4.98 Å². The number of phenolic OH excluding ortho intramolecular Hbond substituents is 2. The molecule has 104 valence electrons. The molecular weight excluding hydrogens is 274 g/mol. The lowest BCUT2D eigenvalue weighted by atomic mass is 10.0. The van der Waals surface area contributed by atoms with E-state index in [-0.39, 0.29) is 11.1 Å². The lowest BCUT2D eigenvalue weighted by molar-refractivity contribution is -0.386. The Bertz CT molecular complexity index is 764. The molecule has 1 heterocycles. The molecule has 1 aromatic carbocycles. The summed E-state index contributed by atoms with van der Waals surface area (Å²) in [6, 6.07) is 7.56. The van der Waals surface area contributed by atoms with E-state index in [1.807, 2.05) is 6.07 Å². The first kappa shape index (κ1) is 14.0. The number of nitro benzene ring substituents is 1. The van der Waals surface area contributed by atoms with Gasteiger partial charge in [-0.2, -0.15) is 5.26 Å². The van der Waals surface area contributed by atoms with Crippen LogP contribution in [0.1, 0.15) is 11.1 Å². The summed E-state index contributed by atoms with van der Waals surface area (Å²) in [5.74, 6) is -1.42. The van der Waals surface area contributed by atoms with Crippen molar-refractivity contribution in [3.63, 3.8) is 0 Å². The molecule has 0 spiro atoms. The summed E-state index contributed by atoms with van der Waals surface area (Å²) >= 11 is 0. The quantitative estimate of drug-likeness (QED) is 0.385. The molecule has 7 heteroatoms. The van der Waals surface area contributed by atoms with Crippen LogP contribution in [0, 0.1) is 21.4 Å². The third kappa shape index (κ3) is 2.96. The number of H-pyrrole nitrogens is 1. The zero-order chi connectivity index (χ0) is 15.4. The number of aromatic amines is 1. The Morgan fingerprint density at radius 3 is 2.57 bits per heavy atom. The highest BCUT2D eigenvalue weighted by atomic mass is 16.6. The van der Waals surface area contributed by atoms with E-state index >= 15 is 0 Å². The molecule has 0 radical (unpaired) electrons. The number of benzene rings is 1. The van der Waals surface area contributed by atoms with Crippen LogP contribution in [0.2, 0.25) is 0 Å². The minimum absolute atomic E-state index is 0.237. The van der Waals surface area contributed by atoms with E-state index in [0.717, 1.165) is 12.1 Å². The van der Waals surface area contributed by atoms with Crippen molar-refractivity contribution in [2.45, 2.75) is 0 Å². The van der Waals surface area contributed by atoms with E-state index < -0.39 is 22.1 Å². The van der Waals surface area contributed by atoms with Gasteiger partial charge in [-0.3, -0.25) is 10.1 Å². The lowest BCUT2D eigenvalue weighted by Crippen LogP contribution is -1.98. The van der Waals surface area contributed by atoms with Crippen LogP contribution in [0.25, 0.3) is 11.6 Å². The van der Waals surface area contributed by atoms with Crippen LogP contribution in [0.3, 0.4) is 0 Å². The monoisotopic (exact) mass is 284 g/mol. The molecule has 2 aromatic rings. The molecule has 0 aliphatic heterocycles. The normalized spacial score (nSPS) is 10.9. The minimum Gasteiger partial charge on any atom is -0.504 e. The highest BCUT2D eigenvalue weighted by Crippen LogP contribution is 2.36. The number of aromatic nitrogens is 1. The van der Waals surface area contributed by atoms with Crippen LogP contribution < -0.4 is 4.98 Å². The minimum atomic E-state index is -0.810. The summed E-state index contributed by atoms with van der Waals surface area (Å²) in [5, 5.41) is 38.9. The summed E-state index contributed by atoms with van der Waals surface area (Å²) < 4.78 is 0. The van der Waals surface area contributed by atoms with Gasteiger partial charge < -0.3 is 10.2 Å². The summed E-state index contributed by atoms with van der Waals surface area (Å²) in [6.07, 6.45) is 4.66. The fraction of sp³-hybridized carbons (Fsp3) is 0. The molecule has 0 saturated heterocycles. The third-order valence-electron chi connectivity index (χ3n) is 2.75. The van der Waals surface area contributed by atoms with Gasteiger partial charge in [-0.1, -0.05) is 0 Å². The van der Waals surface area contributed by atoms with Crippen molar-refractivity contribution in [3.8, 4) is 17.6 Å². The maximum Gasteiger partial charge on any atom is 0.315 e. The molecule has 2 rings (SSSR count). The molecule has 0 fully saturated rings. The summed E-state index contributed by atoms with van der Waals surface area (Å²) in [4.78, 5) is 12.8.